The first-order valence-corrected chi connectivity index (χ1v) is 9.72. The van der Waals surface area contributed by atoms with Gasteiger partial charge in [-0.15, -0.1) is 0 Å². The molecule has 30 heavy (non-hydrogen) atoms. The van der Waals surface area contributed by atoms with Crippen molar-refractivity contribution in [3.8, 4) is 5.75 Å². The van der Waals surface area contributed by atoms with E-state index in [0.717, 1.165) is 33.1 Å². The van der Waals surface area contributed by atoms with Gasteiger partial charge in [-0.25, -0.2) is 9.18 Å². The lowest BCUT2D eigenvalue weighted by Crippen LogP contribution is -2.38. The predicted octanol–water partition coefficient (Wildman–Crippen LogP) is 3.69. The Morgan fingerprint density at radius 2 is 2.07 bits per heavy atom. The van der Waals surface area contributed by atoms with E-state index in [1.165, 1.54) is 18.2 Å². The van der Waals surface area contributed by atoms with Gasteiger partial charge in [-0.2, -0.15) is 0 Å². The van der Waals surface area contributed by atoms with Crippen LogP contribution in [-0.2, 0) is 17.8 Å². The lowest BCUT2D eigenvalue weighted by Gasteiger charge is -2.27. The van der Waals surface area contributed by atoms with Gasteiger partial charge in [-0.3, -0.25) is 4.79 Å². The fourth-order valence-corrected chi connectivity index (χ4v) is 4.03. The maximum absolute atomic E-state index is 13.7. The molecular weight excluding hydrogens is 387 g/mol. The van der Waals surface area contributed by atoms with Crippen LogP contribution in [0.25, 0.3) is 21.9 Å². The van der Waals surface area contributed by atoms with E-state index >= 15 is 0 Å². The van der Waals surface area contributed by atoms with Crippen molar-refractivity contribution in [3.05, 3.63) is 75.5 Å². The molecule has 5 rings (SSSR count). The number of ether oxygens (including phenoxy) is 1. The molecule has 0 atom stereocenters. The predicted molar refractivity (Wildman–Crippen MR) is 110 cm³/mol. The minimum absolute atomic E-state index is 0.131. The van der Waals surface area contributed by atoms with Gasteiger partial charge in [0.05, 0.1) is 0 Å². The summed E-state index contributed by atoms with van der Waals surface area (Å²) >= 11 is 0. The largest absolute Gasteiger partial charge is 0.484 e. The summed E-state index contributed by atoms with van der Waals surface area (Å²) in [6, 6.07) is 11.3. The van der Waals surface area contributed by atoms with Gasteiger partial charge in [-0.1, -0.05) is 0 Å². The number of carbonyl (C=O) groups excluding carboxylic acids is 1. The van der Waals surface area contributed by atoms with Crippen LogP contribution in [0, 0.1) is 12.7 Å². The second-order valence-electron chi connectivity index (χ2n) is 7.53. The highest BCUT2D eigenvalue weighted by Gasteiger charge is 2.24. The molecule has 7 heteroatoms. The zero-order chi connectivity index (χ0) is 20.8. The number of hydrogen-bond acceptors (Lipinski definition) is 4. The Bertz CT molecular complexity index is 1350. The second-order valence-corrected chi connectivity index (χ2v) is 7.53. The first-order valence-electron chi connectivity index (χ1n) is 9.72. The minimum Gasteiger partial charge on any atom is -0.484 e. The van der Waals surface area contributed by atoms with Crippen LogP contribution in [0.4, 0.5) is 4.39 Å². The van der Waals surface area contributed by atoms with Gasteiger partial charge < -0.3 is 19.0 Å². The Balaban J connectivity index is 1.32. The summed E-state index contributed by atoms with van der Waals surface area (Å²) in [5.41, 5.74) is 3.69. The average molecular weight is 406 g/mol. The summed E-state index contributed by atoms with van der Waals surface area (Å²) in [5.74, 6) is 0.00272. The standard InChI is InChI=1S/C23H19FN2O4/c1-13-8-23(28)30-21-10-15(3-4-16(13)21)29-12-22(27)26-7-6-20-18(11-26)17-9-14(24)2-5-19(17)25-20/h2-5,8-10,25H,6-7,11-12H2,1H3. The molecule has 0 saturated heterocycles. The van der Waals surface area contributed by atoms with Crippen LogP contribution in [-0.4, -0.2) is 28.9 Å². The Morgan fingerprint density at radius 3 is 2.93 bits per heavy atom. The van der Waals surface area contributed by atoms with Gasteiger partial charge in [0, 0.05) is 59.2 Å². The van der Waals surface area contributed by atoms with Gasteiger partial charge in [0.1, 0.15) is 17.1 Å². The van der Waals surface area contributed by atoms with E-state index in [1.807, 2.05) is 6.92 Å². The fourth-order valence-electron chi connectivity index (χ4n) is 4.03. The number of rotatable bonds is 3. The first-order chi connectivity index (χ1) is 14.5. The normalized spacial score (nSPS) is 13.6. The number of hydrogen-bond donors (Lipinski definition) is 1. The molecule has 0 bridgehead atoms. The summed E-state index contributed by atoms with van der Waals surface area (Å²) in [6.07, 6.45) is 0.678. The smallest absolute Gasteiger partial charge is 0.336 e. The fraction of sp³-hybridized carbons (Fsp3) is 0.217. The van der Waals surface area contributed by atoms with Gasteiger partial charge in [0.25, 0.3) is 5.91 Å². The quantitative estimate of drug-likeness (QED) is 0.527. The summed E-state index contributed by atoms with van der Waals surface area (Å²) < 4.78 is 24.6. The van der Waals surface area contributed by atoms with Crippen LogP contribution in [0.1, 0.15) is 16.8 Å². The van der Waals surface area contributed by atoms with E-state index in [-0.39, 0.29) is 18.3 Å². The molecular formula is C23H19FN2O4. The van der Waals surface area contributed by atoms with E-state index in [9.17, 15) is 14.0 Å². The third-order valence-electron chi connectivity index (χ3n) is 5.58. The third-order valence-corrected chi connectivity index (χ3v) is 5.58. The Kier molecular flexibility index (Phi) is 4.31. The first kappa shape index (κ1) is 18.4. The van der Waals surface area contributed by atoms with Gasteiger partial charge in [0.15, 0.2) is 6.61 Å². The number of nitrogens with zero attached hydrogens (tertiary/aromatic N) is 1. The van der Waals surface area contributed by atoms with Crippen molar-refractivity contribution in [2.24, 2.45) is 0 Å². The number of halogens is 1. The highest BCUT2D eigenvalue weighted by atomic mass is 19.1. The molecule has 1 N–H and O–H groups in total. The number of aromatic amines is 1. The van der Waals surface area contributed by atoms with Crippen molar-refractivity contribution in [3.63, 3.8) is 0 Å². The topological polar surface area (TPSA) is 75.5 Å². The summed E-state index contributed by atoms with van der Waals surface area (Å²) in [6.45, 7) is 2.68. The lowest BCUT2D eigenvalue weighted by atomic mass is 10.0. The molecule has 1 amide bonds. The van der Waals surface area contributed by atoms with E-state index in [0.29, 0.717) is 30.8 Å². The van der Waals surface area contributed by atoms with E-state index in [2.05, 4.69) is 4.98 Å². The molecule has 4 aromatic rings. The average Bonchev–Trinajstić information content (AvgIpc) is 3.08. The summed E-state index contributed by atoms with van der Waals surface area (Å²) in [4.78, 5) is 29.3. The molecule has 1 aliphatic rings. The van der Waals surface area contributed by atoms with Crippen LogP contribution >= 0.6 is 0 Å². The Morgan fingerprint density at radius 1 is 1.20 bits per heavy atom. The Hall–Kier alpha value is -3.61. The number of H-pyrrole nitrogens is 1. The van der Waals surface area contributed by atoms with E-state index < -0.39 is 5.63 Å². The molecule has 152 valence electrons. The third kappa shape index (κ3) is 3.22. The van der Waals surface area contributed by atoms with Gasteiger partial charge >= 0.3 is 5.63 Å². The molecule has 0 spiro atoms. The molecule has 0 radical (unpaired) electrons. The molecule has 2 aromatic carbocycles. The molecule has 0 aliphatic carbocycles. The maximum atomic E-state index is 13.7. The zero-order valence-corrected chi connectivity index (χ0v) is 16.3. The minimum atomic E-state index is -0.424. The van der Waals surface area contributed by atoms with Crippen molar-refractivity contribution >= 4 is 27.8 Å². The Labute approximate surface area is 170 Å². The number of benzene rings is 2. The molecule has 6 nitrogen and oxygen atoms in total. The van der Waals surface area contributed by atoms with Gasteiger partial charge in [0.2, 0.25) is 0 Å². The van der Waals surface area contributed by atoms with Crippen LogP contribution < -0.4 is 10.4 Å². The molecule has 0 saturated carbocycles. The van der Waals surface area contributed by atoms with Crippen molar-refractivity contribution in [2.75, 3.05) is 13.2 Å². The number of amides is 1. The lowest BCUT2D eigenvalue weighted by molar-refractivity contribution is -0.134. The van der Waals surface area contributed by atoms with Crippen molar-refractivity contribution < 1.29 is 18.3 Å². The molecule has 3 heterocycles. The van der Waals surface area contributed by atoms with Crippen molar-refractivity contribution in [2.45, 2.75) is 19.9 Å². The number of fused-ring (bicyclic) bond motifs is 4. The maximum Gasteiger partial charge on any atom is 0.336 e. The second kappa shape index (κ2) is 7.02. The zero-order valence-electron chi connectivity index (χ0n) is 16.3. The highest BCUT2D eigenvalue weighted by molar-refractivity contribution is 5.86. The van der Waals surface area contributed by atoms with E-state index in [4.69, 9.17) is 9.15 Å². The van der Waals surface area contributed by atoms with E-state index in [1.54, 1.807) is 29.2 Å². The van der Waals surface area contributed by atoms with Crippen LogP contribution in [0.3, 0.4) is 0 Å². The van der Waals surface area contributed by atoms with Crippen LogP contribution in [0.2, 0.25) is 0 Å². The SMILES string of the molecule is Cc1cc(=O)oc2cc(OCC(=O)N3CCc4[nH]c5ccc(F)cc5c4C3)ccc12. The molecule has 2 aromatic heterocycles. The van der Waals surface area contributed by atoms with Crippen molar-refractivity contribution in [1.82, 2.24) is 9.88 Å². The number of carbonyl (C=O) groups is 1. The number of aryl methyl sites for hydroxylation is 1. The number of nitrogens with one attached hydrogen (secondary N) is 1. The summed E-state index contributed by atoms with van der Waals surface area (Å²) in [7, 11) is 0. The summed E-state index contributed by atoms with van der Waals surface area (Å²) in [5, 5.41) is 1.63. The molecule has 0 fully saturated rings. The van der Waals surface area contributed by atoms with Crippen molar-refractivity contribution in [1.29, 1.82) is 0 Å². The highest BCUT2D eigenvalue weighted by Crippen LogP contribution is 2.28. The monoisotopic (exact) mass is 406 g/mol. The van der Waals surface area contributed by atoms with Gasteiger partial charge in [-0.05, 0) is 42.8 Å². The number of aromatic nitrogens is 1. The molecule has 1 aliphatic heterocycles. The van der Waals surface area contributed by atoms with Crippen LogP contribution in [0.15, 0.2) is 51.7 Å². The molecule has 0 unspecified atom stereocenters. The van der Waals surface area contributed by atoms with Crippen LogP contribution in [0.5, 0.6) is 5.75 Å².